The van der Waals surface area contributed by atoms with E-state index in [-0.39, 0.29) is 0 Å². The van der Waals surface area contributed by atoms with Crippen molar-refractivity contribution >= 4 is 5.57 Å². The van der Waals surface area contributed by atoms with Crippen molar-refractivity contribution in [1.82, 2.24) is 15.0 Å². The zero-order chi connectivity index (χ0) is 28.7. The minimum atomic E-state index is 1.08. The van der Waals surface area contributed by atoms with Gasteiger partial charge in [0.2, 0.25) is 0 Å². The molecule has 3 aromatic carbocycles. The van der Waals surface area contributed by atoms with Crippen LogP contribution in [0, 0.1) is 0 Å². The standard InChI is InChI=1S/C39H31N3/c1-3-9-28(4-2)38-23-39(27-42-26-38)37-21-35(31-12-5-10-29(18-31)33-14-7-16-40-24-33)20-36(22-37)32-13-6-11-30(19-32)34-15-8-17-41-25-34/h3-27H,1-2H3/b9-3-,28-4+. The van der Waals surface area contributed by atoms with Crippen LogP contribution in [0.25, 0.3) is 61.2 Å². The van der Waals surface area contributed by atoms with Crippen LogP contribution in [0.3, 0.4) is 0 Å². The first-order valence-corrected chi connectivity index (χ1v) is 14.1. The van der Waals surface area contributed by atoms with Crippen LogP contribution in [0.1, 0.15) is 19.4 Å². The lowest BCUT2D eigenvalue weighted by Gasteiger charge is -2.14. The molecule has 6 rings (SSSR count). The van der Waals surface area contributed by atoms with Gasteiger partial charge in [0.15, 0.2) is 0 Å². The summed E-state index contributed by atoms with van der Waals surface area (Å²) in [5.74, 6) is 0. The number of hydrogen-bond acceptors (Lipinski definition) is 3. The summed E-state index contributed by atoms with van der Waals surface area (Å²) in [4.78, 5) is 13.3. The van der Waals surface area contributed by atoms with E-state index >= 15 is 0 Å². The van der Waals surface area contributed by atoms with Gasteiger partial charge < -0.3 is 0 Å². The average molecular weight is 542 g/mol. The topological polar surface area (TPSA) is 38.7 Å². The normalized spacial score (nSPS) is 11.6. The van der Waals surface area contributed by atoms with Gasteiger partial charge >= 0.3 is 0 Å². The van der Waals surface area contributed by atoms with Crippen molar-refractivity contribution in [2.45, 2.75) is 13.8 Å². The fourth-order valence-electron chi connectivity index (χ4n) is 5.25. The summed E-state index contributed by atoms with van der Waals surface area (Å²) in [6, 6.07) is 34.5. The highest BCUT2D eigenvalue weighted by Gasteiger charge is 2.11. The van der Waals surface area contributed by atoms with Crippen LogP contribution in [0.5, 0.6) is 0 Å². The highest BCUT2D eigenvalue weighted by molar-refractivity contribution is 5.85. The summed E-state index contributed by atoms with van der Waals surface area (Å²) in [5.41, 5.74) is 13.5. The van der Waals surface area contributed by atoms with Crippen molar-refractivity contribution in [3.8, 4) is 55.6 Å². The maximum Gasteiger partial charge on any atom is 0.0346 e. The summed E-state index contributed by atoms with van der Waals surface area (Å²) in [6.07, 6.45) is 17.6. The molecule has 3 heteroatoms. The maximum absolute atomic E-state index is 4.64. The van der Waals surface area contributed by atoms with Gasteiger partial charge in [-0.1, -0.05) is 66.8 Å². The van der Waals surface area contributed by atoms with Crippen LogP contribution in [0.4, 0.5) is 0 Å². The summed E-state index contributed by atoms with van der Waals surface area (Å²) in [6.45, 7) is 4.10. The molecule has 0 atom stereocenters. The molecule has 0 amide bonds. The van der Waals surface area contributed by atoms with Crippen LogP contribution in [0.15, 0.2) is 152 Å². The number of allylic oxidation sites excluding steroid dienone is 4. The lowest BCUT2D eigenvalue weighted by Crippen LogP contribution is -1.90. The largest absolute Gasteiger partial charge is 0.264 e. The van der Waals surface area contributed by atoms with Crippen LogP contribution in [-0.4, -0.2) is 15.0 Å². The Morgan fingerprint density at radius 2 is 0.905 bits per heavy atom. The highest BCUT2D eigenvalue weighted by atomic mass is 14.6. The van der Waals surface area contributed by atoms with Crippen LogP contribution >= 0.6 is 0 Å². The minimum Gasteiger partial charge on any atom is -0.264 e. The number of hydrogen-bond donors (Lipinski definition) is 0. The Labute approximate surface area is 247 Å². The Balaban J connectivity index is 1.51. The lowest BCUT2D eigenvalue weighted by molar-refractivity contribution is 1.31. The molecule has 42 heavy (non-hydrogen) atoms. The first-order valence-electron chi connectivity index (χ1n) is 14.1. The third kappa shape index (κ3) is 5.86. The van der Waals surface area contributed by atoms with E-state index in [4.69, 9.17) is 0 Å². The molecule has 202 valence electrons. The van der Waals surface area contributed by atoms with E-state index < -0.39 is 0 Å². The molecule has 3 nitrogen and oxygen atoms in total. The van der Waals surface area contributed by atoms with E-state index in [1.165, 1.54) is 0 Å². The Bertz CT molecular complexity index is 1790. The Morgan fingerprint density at radius 3 is 1.38 bits per heavy atom. The van der Waals surface area contributed by atoms with Gasteiger partial charge in [0.05, 0.1) is 0 Å². The van der Waals surface area contributed by atoms with Gasteiger partial charge in [0.25, 0.3) is 0 Å². The molecule has 0 aliphatic carbocycles. The fraction of sp³-hybridized carbons (Fsp3) is 0.0513. The monoisotopic (exact) mass is 541 g/mol. The Morgan fingerprint density at radius 1 is 0.452 bits per heavy atom. The van der Waals surface area contributed by atoms with Crippen molar-refractivity contribution in [2.24, 2.45) is 0 Å². The van der Waals surface area contributed by atoms with Crippen LogP contribution in [0.2, 0.25) is 0 Å². The first kappa shape index (κ1) is 26.8. The summed E-state index contributed by atoms with van der Waals surface area (Å²) >= 11 is 0. The predicted octanol–water partition coefficient (Wildman–Crippen LogP) is 10.2. The van der Waals surface area contributed by atoms with Gasteiger partial charge in [0, 0.05) is 59.4 Å². The van der Waals surface area contributed by atoms with Gasteiger partial charge in [0.1, 0.15) is 0 Å². The number of rotatable bonds is 7. The smallest absolute Gasteiger partial charge is 0.0346 e. The molecule has 0 saturated carbocycles. The molecule has 0 aliphatic heterocycles. The van der Waals surface area contributed by atoms with Gasteiger partial charge in [-0.05, 0) is 107 Å². The van der Waals surface area contributed by atoms with Gasteiger partial charge in [-0.15, -0.1) is 0 Å². The van der Waals surface area contributed by atoms with E-state index in [1.807, 2.05) is 43.8 Å². The van der Waals surface area contributed by atoms with Crippen molar-refractivity contribution in [3.63, 3.8) is 0 Å². The van der Waals surface area contributed by atoms with Crippen LogP contribution < -0.4 is 0 Å². The second-order valence-corrected chi connectivity index (χ2v) is 10.2. The predicted molar refractivity (Wildman–Crippen MR) is 175 cm³/mol. The molecule has 3 aromatic heterocycles. The van der Waals surface area contributed by atoms with Crippen molar-refractivity contribution < 1.29 is 0 Å². The zero-order valence-corrected chi connectivity index (χ0v) is 23.8. The third-order valence-corrected chi connectivity index (χ3v) is 7.38. The van der Waals surface area contributed by atoms with E-state index in [0.717, 1.165) is 66.8 Å². The van der Waals surface area contributed by atoms with E-state index in [0.29, 0.717) is 0 Å². The molecule has 0 fully saturated rings. The third-order valence-electron chi connectivity index (χ3n) is 7.38. The van der Waals surface area contributed by atoms with Crippen LogP contribution in [-0.2, 0) is 0 Å². The Kier molecular flexibility index (Phi) is 7.91. The molecule has 0 bridgehead atoms. The SMILES string of the molecule is C/C=C\C(=C/C)c1cncc(-c2cc(-c3cccc(-c4cccnc4)c3)cc(-c3cccc(-c4cccnc4)c3)c2)c1. The summed E-state index contributed by atoms with van der Waals surface area (Å²) in [7, 11) is 0. The second-order valence-electron chi connectivity index (χ2n) is 10.2. The minimum absolute atomic E-state index is 1.08. The first-order chi connectivity index (χ1) is 20.7. The summed E-state index contributed by atoms with van der Waals surface area (Å²) in [5, 5.41) is 0. The zero-order valence-electron chi connectivity index (χ0n) is 23.8. The molecule has 0 radical (unpaired) electrons. The van der Waals surface area contributed by atoms with Gasteiger partial charge in [-0.3, -0.25) is 15.0 Å². The molecule has 3 heterocycles. The average Bonchev–Trinajstić information content (AvgIpc) is 3.08. The molecule has 0 saturated heterocycles. The van der Waals surface area contributed by atoms with E-state index in [9.17, 15) is 0 Å². The Hall–Kier alpha value is -5.41. The number of nitrogens with zero attached hydrogens (tertiary/aromatic N) is 3. The van der Waals surface area contributed by atoms with E-state index in [1.54, 1.807) is 12.4 Å². The maximum atomic E-state index is 4.64. The molecule has 6 aromatic rings. The molecule has 0 N–H and O–H groups in total. The van der Waals surface area contributed by atoms with E-state index in [2.05, 4.69) is 125 Å². The molecular formula is C39H31N3. The van der Waals surface area contributed by atoms with Crippen molar-refractivity contribution in [1.29, 1.82) is 0 Å². The highest BCUT2D eigenvalue weighted by Crippen LogP contribution is 2.36. The lowest BCUT2D eigenvalue weighted by atomic mass is 9.91. The molecule has 0 spiro atoms. The van der Waals surface area contributed by atoms with Crippen molar-refractivity contribution in [2.75, 3.05) is 0 Å². The second kappa shape index (κ2) is 12.4. The van der Waals surface area contributed by atoms with Crippen molar-refractivity contribution in [3.05, 3.63) is 158 Å². The molecule has 0 aliphatic rings. The number of benzene rings is 3. The summed E-state index contributed by atoms with van der Waals surface area (Å²) < 4.78 is 0. The van der Waals surface area contributed by atoms with Gasteiger partial charge in [-0.2, -0.15) is 0 Å². The number of pyridine rings is 3. The molecular weight excluding hydrogens is 510 g/mol. The number of aromatic nitrogens is 3. The van der Waals surface area contributed by atoms with Gasteiger partial charge in [-0.25, -0.2) is 0 Å². The molecule has 0 unspecified atom stereocenters. The fourth-order valence-corrected chi connectivity index (χ4v) is 5.25. The quantitative estimate of drug-likeness (QED) is 0.189.